The molecule has 6 heteroatoms. The number of rotatable bonds is 4. The molecule has 0 unspecified atom stereocenters. The van der Waals surface area contributed by atoms with E-state index in [9.17, 15) is 4.79 Å². The number of imidazole rings is 1. The van der Waals surface area contributed by atoms with Gasteiger partial charge in [0.05, 0.1) is 12.8 Å². The van der Waals surface area contributed by atoms with Gasteiger partial charge in [-0.15, -0.1) is 0 Å². The molecule has 0 amide bonds. The molecule has 2 heterocycles. The second-order valence-corrected chi connectivity index (χ2v) is 8.59. The van der Waals surface area contributed by atoms with Gasteiger partial charge in [0.1, 0.15) is 5.69 Å². The maximum atomic E-state index is 12.4. The molecule has 1 saturated carbocycles. The highest BCUT2D eigenvalue weighted by Gasteiger charge is 2.34. The average molecular weight is 427 g/mol. The lowest BCUT2D eigenvalue weighted by molar-refractivity contribution is 0.0591. The van der Waals surface area contributed by atoms with Crippen LogP contribution in [-0.4, -0.2) is 27.7 Å². The molecule has 1 aliphatic carbocycles. The molecule has 2 aromatic carbocycles. The Morgan fingerprint density at radius 1 is 1.00 bits per heavy atom. The summed E-state index contributed by atoms with van der Waals surface area (Å²) in [4.78, 5) is 17.4. The number of methoxy groups -OCH3 is 1. The summed E-state index contributed by atoms with van der Waals surface area (Å²) in [5, 5.41) is 4.67. The van der Waals surface area contributed by atoms with Crippen molar-refractivity contribution < 1.29 is 9.53 Å². The predicted octanol–water partition coefficient (Wildman–Crippen LogP) is 4.80. The normalized spacial score (nSPS) is 14.9. The van der Waals surface area contributed by atoms with Crippen LogP contribution < -0.4 is 5.73 Å². The number of aromatic nitrogens is 3. The van der Waals surface area contributed by atoms with Gasteiger partial charge in [0.2, 0.25) is 0 Å². The van der Waals surface area contributed by atoms with Gasteiger partial charge in [0, 0.05) is 16.7 Å². The first-order chi connectivity index (χ1) is 15.4. The van der Waals surface area contributed by atoms with Crippen molar-refractivity contribution in [2.24, 2.45) is 5.73 Å². The summed E-state index contributed by atoms with van der Waals surface area (Å²) < 4.78 is 6.74. The Balaban J connectivity index is 1.75. The first-order valence-electron chi connectivity index (χ1n) is 10.9. The van der Waals surface area contributed by atoms with Gasteiger partial charge < -0.3 is 10.5 Å². The minimum atomic E-state index is -0.458. The van der Waals surface area contributed by atoms with Gasteiger partial charge in [0.25, 0.3) is 0 Å². The summed E-state index contributed by atoms with van der Waals surface area (Å²) >= 11 is 0. The van der Waals surface area contributed by atoms with E-state index in [1.807, 2.05) is 44.2 Å². The van der Waals surface area contributed by atoms with E-state index in [0.717, 1.165) is 57.7 Å². The zero-order chi connectivity index (χ0) is 22.5. The number of aryl methyl sites for hydroxylation is 1. The van der Waals surface area contributed by atoms with Crippen LogP contribution in [0, 0.1) is 13.8 Å². The van der Waals surface area contributed by atoms with Crippen molar-refractivity contribution in [3.63, 3.8) is 0 Å². The summed E-state index contributed by atoms with van der Waals surface area (Å²) in [5.74, 6) is -0.458. The van der Waals surface area contributed by atoms with Crippen molar-refractivity contribution in [2.75, 3.05) is 7.11 Å². The number of nitrogens with two attached hydrogens (primary N) is 1. The van der Waals surface area contributed by atoms with Crippen molar-refractivity contribution in [3.8, 4) is 22.5 Å². The molecule has 0 aliphatic heterocycles. The number of hydrogen-bond donors (Lipinski definition) is 1. The third-order valence-corrected chi connectivity index (χ3v) is 6.71. The number of nitrogens with zero attached hydrogens (tertiary/aromatic N) is 3. The van der Waals surface area contributed by atoms with Gasteiger partial charge in [-0.2, -0.15) is 5.10 Å². The summed E-state index contributed by atoms with van der Waals surface area (Å²) in [6, 6.07) is 18.4. The standard InChI is InChI=1S/C26H26N4O2/c1-16-17(2)24-28-22(18-10-12-20(13-11-18)26(27)14-7-15-26)23(19-8-5-4-6-9-19)30(24)29-21(16)25(31)32-3/h4-6,8-13H,7,14-15,27H2,1-3H3. The van der Waals surface area contributed by atoms with Gasteiger partial charge in [-0.25, -0.2) is 14.3 Å². The maximum absolute atomic E-state index is 12.4. The van der Waals surface area contributed by atoms with Crippen LogP contribution in [0.4, 0.5) is 0 Å². The van der Waals surface area contributed by atoms with Crippen molar-refractivity contribution in [3.05, 3.63) is 77.0 Å². The van der Waals surface area contributed by atoms with E-state index < -0.39 is 5.97 Å². The zero-order valence-electron chi connectivity index (χ0n) is 18.6. The number of carbonyl (C=O) groups is 1. The molecule has 2 N–H and O–H groups in total. The Bertz CT molecular complexity index is 1320. The molecule has 6 nitrogen and oxygen atoms in total. The van der Waals surface area contributed by atoms with Gasteiger partial charge >= 0.3 is 5.97 Å². The van der Waals surface area contributed by atoms with E-state index in [1.165, 1.54) is 13.5 Å². The van der Waals surface area contributed by atoms with Crippen molar-refractivity contribution in [2.45, 2.75) is 38.6 Å². The van der Waals surface area contributed by atoms with Crippen molar-refractivity contribution in [1.29, 1.82) is 0 Å². The SMILES string of the molecule is COC(=O)c1nn2c(-c3ccccc3)c(-c3ccc(C4(N)CCC4)cc3)nc2c(C)c1C. The molecule has 0 radical (unpaired) electrons. The maximum Gasteiger partial charge on any atom is 0.358 e. The Hall–Kier alpha value is -3.51. The number of esters is 1. The van der Waals surface area contributed by atoms with E-state index in [4.69, 9.17) is 15.5 Å². The molecule has 1 aliphatic rings. The van der Waals surface area contributed by atoms with Crippen LogP contribution in [0.25, 0.3) is 28.2 Å². The molecule has 0 bridgehead atoms. The number of fused-ring (bicyclic) bond motifs is 1. The highest BCUT2D eigenvalue weighted by molar-refractivity contribution is 5.90. The molecule has 2 aromatic heterocycles. The largest absolute Gasteiger partial charge is 0.464 e. The van der Waals surface area contributed by atoms with Crippen LogP contribution in [0.2, 0.25) is 0 Å². The minimum absolute atomic E-state index is 0.204. The number of carbonyl (C=O) groups excluding carboxylic acids is 1. The molecule has 162 valence electrons. The number of benzene rings is 2. The summed E-state index contributed by atoms with van der Waals surface area (Å²) in [6.07, 6.45) is 3.22. The van der Waals surface area contributed by atoms with Crippen LogP contribution >= 0.6 is 0 Å². The fourth-order valence-electron chi connectivity index (χ4n) is 4.43. The molecule has 1 fully saturated rings. The highest BCUT2D eigenvalue weighted by atomic mass is 16.5. The topological polar surface area (TPSA) is 82.5 Å². The lowest BCUT2D eigenvalue weighted by Gasteiger charge is -2.38. The average Bonchev–Trinajstić information content (AvgIpc) is 3.19. The highest BCUT2D eigenvalue weighted by Crippen LogP contribution is 2.40. The molecular weight excluding hydrogens is 400 g/mol. The first-order valence-corrected chi connectivity index (χ1v) is 10.9. The van der Waals surface area contributed by atoms with E-state index in [2.05, 4.69) is 29.4 Å². The number of ether oxygens (including phenoxy) is 1. The van der Waals surface area contributed by atoms with Crippen molar-refractivity contribution >= 4 is 11.6 Å². The van der Waals surface area contributed by atoms with E-state index in [-0.39, 0.29) is 5.54 Å². The Kier molecular flexibility index (Phi) is 4.82. The second-order valence-electron chi connectivity index (χ2n) is 8.59. The zero-order valence-corrected chi connectivity index (χ0v) is 18.6. The van der Waals surface area contributed by atoms with Crippen LogP contribution in [0.5, 0.6) is 0 Å². The quantitative estimate of drug-likeness (QED) is 0.474. The Morgan fingerprint density at radius 2 is 1.69 bits per heavy atom. The van der Waals surface area contributed by atoms with Gasteiger partial charge in [-0.1, -0.05) is 54.6 Å². The molecule has 4 aromatic rings. The molecule has 0 spiro atoms. The fourth-order valence-corrected chi connectivity index (χ4v) is 4.43. The summed E-state index contributed by atoms with van der Waals surface area (Å²) in [6.45, 7) is 3.83. The third-order valence-electron chi connectivity index (χ3n) is 6.71. The lowest BCUT2D eigenvalue weighted by Crippen LogP contribution is -2.43. The second kappa shape index (κ2) is 7.57. The Morgan fingerprint density at radius 3 is 2.28 bits per heavy atom. The van der Waals surface area contributed by atoms with Gasteiger partial charge in [-0.05, 0) is 49.8 Å². The fraction of sp³-hybridized carbons (Fsp3) is 0.269. The monoisotopic (exact) mass is 426 g/mol. The first kappa shape index (κ1) is 20.4. The molecule has 0 atom stereocenters. The van der Waals surface area contributed by atoms with E-state index in [1.54, 1.807) is 4.52 Å². The summed E-state index contributed by atoms with van der Waals surface area (Å²) in [5.41, 5.74) is 13.8. The van der Waals surface area contributed by atoms with E-state index in [0.29, 0.717) is 5.69 Å². The van der Waals surface area contributed by atoms with Crippen LogP contribution in [0.3, 0.4) is 0 Å². The van der Waals surface area contributed by atoms with E-state index >= 15 is 0 Å². The molecule has 5 rings (SSSR count). The lowest BCUT2D eigenvalue weighted by atomic mass is 9.72. The number of hydrogen-bond acceptors (Lipinski definition) is 5. The smallest absolute Gasteiger partial charge is 0.358 e. The van der Waals surface area contributed by atoms with Crippen LogP contribution in [0.15, 0.2) is 54.6 Å². The molecule has 32 heavy (non-hydrogen) atoms. The van der Waals surface area contributed by atoms with Crippen molar-refractivity contribution in [1.82, 2.24) is 14.6 Å². The molecule has 0 saturated heterocycles. The minimum Gasteiger partial charge on any atom is -0.464 e. The summed E-state index contributed by atoms with van der Waals surface area (Å²) in [7, 11) is 1.37. The van der Waals surface area contributed by atoms with Crippen LogP contribution in [0.1, 0.15) is 46.4 Å². The van der Waals surface area contributed by atoms with Gasteiger partial charge in [0.15, 0.2) is 11.3 Å². The van der Waals surface area contributed by atoms with Gasteiger partial charge in [-0.3, -0.25) is 0 Å². The van der Waals surface area contributed by atoms with Crippen LogP contribution in [-0.2, 0) is 10.3 Å². The Labute approximate surface area is 187 Å². The molecular formula is C26H26N4O2. The predicted molar refractivity (Wildman–Crippen MR) is 124 cm³/mol. The third kappa shape index (κ3) is 3.10.